The Kier molecular flexibility index (Phi) is 5.65. The van der Waals surface area contributed by atoms with Gasteiger partial charge in [-0.1, -0.05) is 18.9 Å². The summed E-state index contributed by atoms with van der Waals surface area (Å²) in [7, 11) is 0. The van der Waals surface area contributed by atoms with Crippen LogP contribution >= 0.6 is 0 Å². The van der Waals surface area contributed by atoms with Gasteiger partial charge in [-0.3, -0.25) is 4.79 Å². The van der Waals surface area contributed by atoms with E-state index in [0.717, 1.165) is 32.1 Å². The molecule has 1 aromatic carbocycles. The number of nitrogens with two attached hydrogens (primary N) is 2. The first-order valence-corrected chi connectivity index (χ1v) is 9.36. The van der Waals surface area contributed by atoms with Crippen molar-refractivity contribution in [3.05, 3.63) is 29.3 Å². The van der Waals surface area contributed by atoms with Crippen molar-refractivity contribution in [2.45, 2.75) is 77.7 Å². The molecule has 2 rings (SSSR count). The molecule has 0 aliphatic heterocycles. The van der Waals surface area contributed by atoms with Crippen LogP contribution in [0.3, 0.4) is 0 Å². The minimum Gasteiger partial charge on any atom is -0.426 e. The van der Waals surface area contributed by atoms with Crippen molar-refractivity contribution in [3.63, 3.8) is 0 Å². The Morgan fingerprint density at radius 2 is 1.88 bits per heavy atom. The summed E-state index contributed by atoms with van der Waals surface area (Å²) in [5, 5.41) is 0. The highest BCUT2D eigenvalue weighted by Crippen LogP contribution is 2.49. The Bertz CT molecular complexity index is 627. The molecule has 1 saturated carbocycles. The van der Waals surface area contributed by atoms with Crippen LogP contribution in [0.5, 0.6) is 5.75 Å². The Balaban J connectivity index is 2.48. The van der Waals surface area contributed by atoms with Crippen molar-refractivity contribution in [1.82, 2.24) is 0 Å². The molecular weight excluding hydrogens is 312 g/mol. The van der Waals surface area contributed by atoms with Gasteiger partial charge in [0.15, 0.2) is 0 Å². The minimum atomic E-state index is -0.535. The smallest absolute Gasteiger partial charge is 0.316 e. The van der Waals surface area contributed by atoms with Crippen molar-refractivity contribution in [2.24, 2.45) is 16.9 Å². The molecule has 0 spiro atoms. The van der Waals surface area contributed by atoms with Crippen LogP contribution in [0.25, 0.3) is 0 Å². The number of carbonyl (C=O) groups is 1. The van der Waals surface area contributed by atoms with Gasteiger partial charge < -0.3 is 16.2 Å². The van der Waals surface area contributed by atoms with E-state index in [1.54, 1.807) is 0 Å². The topological polar surface area (TPSA) is 78.3 Å². The van der Waals surface area contributed by atoms with Crippen LogP contribution in [0.1, 0.15) is 70.9 Å². The first-order valence-electron chi connectivity index (χ1n) is 9.36. The number of rotatable bonds is 4. The van der Waals surface area contributed by atoms with Crippen molar-refractivity contribution >= 4 is 5.97 Å². The summed E-state index contributed by atoms with van der Waals surface area (Å²) in [4.78, 5) is 12.3. The van der Waals surface area contributed by atoms with E-state index >= 15 is 0 Å². The van der Waals surface area contributed by atoms with Gasteiger partial charge in [-0.25, -0.2) is 0 Å². The van der Waals surface area contributed by atoms with E-state index in [9.17, 15) is 4.79 Å². The molecule has 25 heavy (non-hydrogen) atoms. The van der Waals surface area contributed by atoms with Crippen molar-refractivity contribution in [2.75, 3.05) is 6.54 Å². The summed E-state index contributed by atoms with van der Waals surface area (Å²) in [6, 6.07) is 5.92. The highest BCUT2D eigenvalue weighted by molar-refractivity contribution is 5.78. The molecule has 1 fully saturated rings. The lowest BCUT2D eigenvalue weighted by Crippen LogP contribution is -2.59. The quantitative estimate of drug-likeness (QED) is 0.641. The first-order chi connectivity index (χ1) is 11.5. The summed E-state index contributed by atoms with van der Waals surface area (Å²) >= 11 is 0. The molecule has 1 aliphatic carbocycles. The summed E-state index contributed by atoms with van der Waals surface area (Å²) in [5.74, 6) is 0.368. The fourth-order valence-corrected chi connectivity index (χ4v) is 4.12. The number of benzene rings is 1. The zero-order valence-electron chi connectivity index (χ0n) is 16.4. The second-order valence-electron chi connectivity index (χ2n) is 8.86. The maximum Gasteiger partial charge on any atom is 0.316 e. The lowest BCUT2D eigenvalue weighted by Gasteiger charge is -2.51. The minimum absolute atomic E-state index is 0.172. The van der Waals surface area contributed by atoms with Gasteiger partial charge >= 0.3 is 5.97 Å². The zero-order chi connectivity index (χ0) is 18.9. The molecule has 4 N–H and O–H groups in total. The third-order valence-corrected chi connectivity index (χ3v) is 5.76. The second-order valence-corrected chi connectivity index (χ2v) is 8.86. The summed E-state index contributed by atoms with van der Waals surface area (Å²) in [6.45, 7) is 10.4. The largest absolute Gasteiger partial charge is 0.426 e. The molecule has 0 amide bonds. The molecule has 0 bridgehead atoms. The first kappa shape index (κ1) is 19.9. The summed E-state index contributed by atoms with van der Waals surface area (Å²) in [5.41, 5.74) is 14.1. The number of hydrogen-bond acceptors (Lipinski definition) is 4. The third-order valence-electron chi connectivity index (χ3n) is 5.76. The predicted octanol–water partition coefficient (Wildman–Crippen LogP) is 3.82. The van der Waals surface area contributed by atoms with E-state index in [2.05, 4.69) is 13.8 Å². The second kappa shape index (κ2) is 7.08. The molecule has 0 radical (unpaired) electrons. The van der Waals surface area contributed by atoms with Crippen LogP contribution in [-0.2, 0) is 10.2 Å². The average Bonchev–Trinajstić information content (AvgIpc) is 2.50. The van der Waals surface area contributed by atoms with E-state index in [1.165, 1.54) is 11.1 Å². The summed E-state index contributed by atoms with van der Waals surface area (Å²) < 4.78 is 5.65. The normalized spacial score (nSPS) is 27.2. The fourth-order valence-electron chi connectivity index (χ4n) is 4.12. The lowest BCUT2D eigenvalue weighted by atomic mass is 9.56. The Hall–Kier alpha value is -1.39. The highest BCUT2D eigenvalue weighted by Gasteiger charge is 2.48. The highest BCUT2D eigenvalue weighted by atomic mass is 16.5. The maximum atomic E-state index is 12.3. The Morgan fingerprint density at radius 3 is 2.44 bits per heavy atom. The van der Waals surface area contributed by atoms with Gasteiger partial charge in [-0.05, 0) is 83.7 Å². The number of hydrogen-bond donors (Lipinski definition) is 2. The molecule has 4 heteroatoms. The monoisotopic (exact) mass is 346 g/mol. The third kappa shape index (κ3) is 3.90. The maximum absolute atomic E-state index is 12.3. The predicted molar refractivity (Wildman–Crippen MR) is 103 cm³/mol. The van der Waals surface area contributed by atoms with Crippen LogP contribution in [0.2, 0.25) is 0 Å². The Labute approximate surface area is 152 Å². The van der Waals surface area contributed by atoms with Crippen molar-refractivity contribution in [1.29, 1.82) is 0 Å². The standard InChI is InChI=1S/C21H34N2O2/c1-15-8-9-16(25-18(24)19(2,3)4)14-17(15)21(12-13-22)11-7-6-10-20(21,5)23/h8-9,14H,6-7,10-13,22-23H2,1-5H3. The van der Waals surface area contributed by atoms with Crippen LogP contribution in [-0.4, -0.2) is 18.1 Å². The molecule has 4 nitrogen and oxygen atoms in total. The molecule has 2 unspecified atom stereocenters. The number of aryl methyl sites for hydroxylation is 1. The molecule has 0 heterocycles. The average molecular weight is 347 g/mol. The van der Waals surface area contributed by atoms with Gasteiger partial charge in [0.25, 0.3) is 0 Å². The number of ether oxygens (including phenoxy) is 1. The van der Waals surface area contributed by atoms with E-state index in [1.807, 2.05) is 39.0 Å². The van der Waals surface area contributed by atoms with Crippen molar-refractivity contribution in [3.8, 4) is 5.75 Å². The molecule has 0 aromatic heterocycles. The van der Waals surface area contributed by atoms with Gasteiger partial charge in [0.05, 0.1) is 5.41 Å². The van der Waals surface area contributed by atoms with Crippen LogP contribution in [0.4, 0.5) is 0 Å². The van der Waals surface area contributed by atoms with Gasteiger partial charge in [0.2, 0.25) is 0 Å². The van der Waals surface area contributed by atoms with Gasteiger partial charge in [0.1, 0.15) is 5.75 Å². The molecule has 2 atom stereocenters. The molecule has 1 aliphatic rings. The van der Waals surface area contributed by atoms with Crippen molar-refractivity contribution < 1.29 is 9.53 Å². The van der Waals surface area contributed by atoms with Crippen LogP contribution < -0.4 is 16.2 Å². The number of esters is 1. The van der Waals surface area contributed by atoms with E-state index in [-0.39, 0.29) is 16.9 Å². The van der Waals surface area contributed by atoms with E-state index in [0.29, 0.717) is 12.3 Å². The van der Waals surface area contributed by atoms with Crippen LogP contribution in [0.15, 0.2) is 18.2 Å². The molecular formula is C21H34N2O2. The van der Waals surface area contributed by atoms with E-state index < -0.39 is 5.41 Å². The van der Waals surface area contributed by atoms with Gasteiger partial charge in [-0.2, -0.15) is 0 Å². The zero-order valence-corrected chi connectivity index (χ0v) is 16.4. The molecule has 140 valence electrons. The van der Waals surface area contributed by atoms with Gasteiger partial charge in [0, 0.05) is 11.0 Å². The van der Waals surface area contributed by atoms with Crippen LogP contribution in [0, 0.1) is 12.3 Å². The fraction of sp³-hybridized carbons (Fsp3) is 0.667. The lowest BCUT2D eigenvalue weighted by molar-refractivity contribution is -0.143. The Morgan fingerprint density at radius 1 is 1.24 bits per heavy atom. The van der Waals surface area contributed by atoms with E-state index in [4.69, 9.17) is 16.2 Å². The molecule has 1 aromatic rings. The molecule has 0 saturated heterocycles. The number of carbonyl (C=O) groups excluding carboxylic acids is 1. The SMILES string of the molecule is Cc1ccc(OC(=O)C(C)(C)C)cc1C1(CCN)CCCCC1(C)N. The summed E-state index contributed by atoms with van der Waals surface area (Å²) in [6.07, 6.45) is 5.15. The van der Waals surface area contributed by atoms with Gasteiger partial charge in [-0.15, -0.1) is 0 Å².